The smallest absolute Gasteiger partial charge is 0.0440 e. The number of rotatable bonds is 2. The van der Waals surface area contributed by atoms with Crippen LogP contribution in [0.4, 0.5) is 0 Å². The summed E-state index contributed by atoms with van der Waals surface area (Å²) in [7, 11) is 0. The zero-order valence-electron chi connectivity index (χ0n) is 6.40. The second-order valence-electron chi connectivity index (χ2n) is 2.53. The van der Waals surface area contributed by atoms with E-state index in [-0.39, 0.29) is 0 Å². The lowest BCUT2D eigenvalue weighted by Gasteiger charge is -2.01. The minimum absolute atomic E-state index is 0.879. The van der Waals surface area contributed by atoms with Gasteiger partial charge < -0.3 is 0 Å². The van der Waals surface area contributed by atoms with Gasteiger partial charge in [0.15, 0.2) is 0 Å². The van der Waals surface area contributed by atoms with Gasteiger partial charge in [0.05, 0.1) is 0 Å². The Bertz CT molecular complexity index is 245. The standard InChI is InChI=1S/C9H10BrCl/c1-7-2-3-8(4-5-10)9(11)6-7/h2-3,6H,4-5H2,1H3. The number of aryl methyl sites for hydroxylation is 2. The largest absolute Gasteiger partial charge is 0.0924 e. The topological polar surface area (TPSA) is 0 Å². The van der Waals surface area contributed by atoms with Crippen molar-refractivity contribution in [3.63, 3.8) is 0 Å². The predicted molar refractivity (Wildman–Crippen MR) is 53.7 cm³/mol. The van der Waals surface area contributed by atoms with Crippen LogP contribution in [-0.4, -0.2) is 5.33 Å². The quantitative estimate of drug-likeness (QED) is 0.685. The Morgan fingerprint density at radius 2 is 2.18 bits per heavy atom. The Morgan fingerprint density at radius 3 is 2.73 bits per heavy atom. The van der Waals surface area contributed by atoms with Crippen LogP contribution in [0.25, 0.3) is 0 Å². The first-order valence-electron chi connectivity index (χ1n) is 3.55. The highest BCUT2D eigenvalue weighted by Crippen LogP contribution is 2.18. The van der Waals surface area contributed by atoms with Gasteiger partial charge in [-0.1, -0.05) is 39.7 Å². The van der Waals surface area contributed by atoms with Crippen molar-refractivity contribution in [2.24, 2.45) is 0 Å². The summed E-state index contributed by atoms with van der Waals surface area (Å²) >= 11 is 9.37. The van der Waals surface area contributed by atoms with E-state index < -0.39 is 0 Å². The molecule has 0 saturated heterocycles. The summed E-state index contributed by atoms with van der Waals surface area (Å²) in [5.74, 6) is 0. The van der Waals surface area contributed by atoms with Gasteiger partial charge in [-0.3, -0.25) is 0 Å². The zero-order valence-corrected chi connectivity index (χ0v) is 8.74. The molecule has 1 aromatic carbocycles. The van der Waals surface area contributed by atoms with Crippen LogP contribution in [0.15, 0.2) is 18.2 Å². The van der Waals surface area contributed by atoms with E-state index in [2.05, 4.69) is 28.1 Å². The van der Waals surface area contributed by atoms with Gasteiger partial charge in [-0.2, -0.15) is 0 Å². The van der Waals surface area contributed by atoms with Crippen molar-refractivity contribution < 1.29 is 0 Å². The first-order valence-corrected chi connectivity index (χ1v) is 5.05. The minimum Gasteiger partial charge on any atom is -0.0924 e. The molecule has 0 atom stereocenters. The molecule has 0 aliphatic rings. The van der Waals surface area contributed by atoms with Crippen LogP contribution in [-0.2, 0) is 6.42 Å². The molecule has 0 nitrogen and oxygen atoms in total. The van der Waals surface area contributed by atoms with Gasteiger partial charge >= 0.3 is 0 Å². The Morgan fingerprint density at radius 1 is 1.45 bits per heavy atom. The van der Waals surface area contributed by atoms with E-state index in [1.165, 1.54) is 11.1 Å². The van der Waals surface area contributed by atoms with Gasteiger partial charge in [0, 0.05) is 10.4 Å². The maximum Gasteiger partial charge on any atom is 0.0440 e. The molecule has 0 bridgehead atoms. The van der Waals surface area contributed by atoms with Crippen molar-refractivity contribution in [1.82, 2.24) is 0 Å². The van der Waals surface area contributed by atoms with Crippen molar-refractivity contribution in [2.45, 2.75) is 13.3 Å². The number of hydrogen-bond acceptors (Lipinski definition) is 0. The summed E-state index contributed by atoms with van der Waals surface area (Å²) < 4.78 is 0. The molecular formula is C9H10BrCl. The van der Waals surface area contributed by atoms with Crippen LogP contribution in [0.2, 0.25) is 5.02 Å². The molecule has 11 heavy (non-hydrogen) atoms. The van der Waals surface area contributed by atoms with Crippen LogP contribution < -0.4 is 0 Å². The molecule has 0 saturated carbocycles. The van der Waals surface area contributed by atoms with Crippen LogP contribution >= 0.6 is 27.5 Å². The van der Waals surface area contributed by atoms with E-state index in [1.54, 1.807) is 0 Å². The van der Waals surface area contributed by atoms with Crippen molar-refractivity contribution in [3.05, 3.63) is 34.3 Å². The van der Waals surface area contributed by atoms with E-state index in [1.807, 2.05) is 13.0 Å². The summed E-state index contributed by atoms with van der Waals surface area (Å²) in [5, 5.41) is 1.85. The lowest BCUT2D eigenvalue weighted by Crippen LogP contribution is -1.87. The Hall–Kier alpha value is -0.0100. The van der Waals surface area contributed by atoms with Crippen LogP contribution in [0.5, 0.6) is 0 Å². The maximum absolute atomic E-state index is 5.99. The number of benzene rings is 1. The SMILES string of the molecule is Cc1ccc(CCBr)c(Cl)c1. The summed E-state index contributed by atoms with van der Waals surface area (Å²) in [4.78, 5) is 0. The second-order valence-corrected chi connectivity index (χ2v) is 3.73. The molecule has 0 radical (unpaired) electrons. The highest BCUT2D eigenvalue weighted by molar-refractivity contribution is 9.09. The second kappa shape index (κ2) is 4.13. The van der Waals surface area contributed by atoms with E-state index in [0.717, 1.165) is 16.8 Å². The zero-order chi connectivity index (χ0) is 8.27. The fourth-order valence-corrected chi connectivity index (χ4v) is 1.71. The molecule has 0 aromatic heterocycles. The van der Waals surface area contributed by atoms with Gasteiger partial charge in [0.2, 0.25) is 0 Å². The van der Waals surface area contributed by atoms with Crippen molar-refractivity contribution >= 4 is 27.5 Å². The van der Waals surface area contributed by atoms with Crippen LogP contribution in [0, 0.1) is 6.92 Å². The highest BCUT2D eigenvalue weighted by Gasteiger charge is 1.97. The van der Waals surface area contributed by atoms with Gasteiger partial charge in [0.1, 0.15) is 0 Å². The van der Waals surface area contributed by atoms with Gasteiger partial charge in [-0.15, -0.1) is 0 Å². The number of alkyl halides is 1. The summed E-state index contributed by atoms with van der Waals surface area (Å²) in [6.45, 7) is 2.05. The fourth-order valence-electron chi connectivity index (χ4n) is 0.957. The average Bonchev–Trinajstić information content (AvgIpc) is 1.95. The van der Waals surface area contributed by atoms with E-state index >= 15 is 0 Å². The highest BCUT2D eigenvalue weighted by atomic mass is 79.9. The van der Waals surface area contributed by atoms with Crippen LogP contribution in [0.3, 0.4) is 0 Å². The molecule has 60 valence electrons. The molecular weight excluding hydrogens is 223 g/mol. The van der Waals surface area contributed by atoms with Crippen molar-refractivity contribution in [1.29, 1.82) is 0 Å². The lowest BCUT2D eigenvalue weighted by atomic mass is 10.1. The molecule has 0 unspecified atom stereocenters. The van der Waals surface area contributed by atoms with Gasteiger partial charge in [-0.25, -0.2) is 0 Å². The molecule has 0 heterocycles. The monoisotopic (exact) mass is 232 g/mol. The molecule has 0 aliphatic heterocycles. The lowest BCUT2D eigenvalue weighted by molar-refractivity contribution is 1.16. The predicted octanol–water partition coefficient (Wildman–Crippen LogP) is 3.59. The summed E-state index contributed by atoms with van der Waals surface area (Å²) in [6, 6.07) is 6.17. The molecule has 1 rings (SSSR count). The third-order valence-corrected chi connectivity index (χ3v) is 2.32. The van der Waals surface area contributed by atoms with Crippen molar-refractivity contribution in [3.8, 4) is 0 Å². The molecule has 0 aliphatic carbocycles. The number of halogens is 2. The molecule has 0 amide bonds. The molecule has 0 fully saturated rings. The van der Waals surface area contributed by atoms with Crippen molar-refractivity contribution in [2.75, 3.05) is 5.33 Å². The minimum atomic E-state index is 0.879. The van der Waals surface area contributed by atoms with E-state index in [0.29, 0.717) is 0 Å². The van der Waals surface area contributed by atoms with E-state index in [4.69, 9.17) is 11.6 Å². The Labute approximate surface area is 80.7 Å². The molecule has 2 heteroatoms. The summed E-state index contributed by atoms with van der Waals surface area (Å²) in [5.41, 5.74) is 2.43. The van der Waals surface area contributed by atoms with E-state index in [9.17, 15) is 0 Å². The molecule has 0 spiro atoms. The van der Waals surface area contributed by atoms with Gasteiger partial charge in [0.25, 0.3) is 0 Å². The fraction of sp³-hybridized carbons (Fsp3) is 0.333. The third kappa shape index (κ3) is 2.49. The van der Waals surface area contributed by atoms with Crippen LogP contribution in [0.1, 0.15) is 11.1 Å². The normalized spacial score (nSPS) is 10.1. The first kappa shape index (κ1) is 9.08. The van der Waals surface area contributed by atoms with Gasteiger partial charge in [-0.05, 0) is 30.5 Å². The third-order valence-electron chi connectivity index (χ3n) is 1.57. The average molecular weight is 234 g/mol. The maximum atomic E-state index is 5.99. The number of hydrogen-bond donors (Lipinski definition) is 0. The summed E-state index contributed by atoms with van der Waals surface area (Å²) in [6.07, 6.45) is 0.999. The molecule has 0 N–H and O–H groups in total. The first-order chi connectivity index (χ1) is 5.24. The Kier molecular flexibility index (Phi) is 3.41. The molecule has 1 aromatic rings. The Balaban J connectivity index is 2.90.